The fourth-order valence-electron chi connectivity index (χ4n) is 1.76. The van der Waals surface area contributed by atoms with E-state index in [1.54, 1.807) is 7.11 Å². The van der Waals surface area contributed by atoms with Crippen LogP contribution >= 0.6 is 11.6 Å². The van der Waals surface area contributed by atoms with Crippen molar-refractivity contribution in [2.24, 2.45) is 5.73 Å². The van der Waals surface area contributed by atoms with Gasteiger partial charge in [-0.3, -0.25) is 0 Å². The van der Waals surface area contributed by atoms with Gasteiger partial charge in [0.1, 0.15) is 5.75 Å². The average molecular weight is 248 g/mol. The van der Waals surface area contributed by atoms with Crippen LogP contribution in [-0.2, 0) is 6.54 Å². The van der Waals surface area contributed by atoms with Crippen molar-refractivity contribution in [1.82, 2.24) is 0 Å². The van der Waals surface area contributed by atoms with Gasteiger partial charge in [-0.1, -0.05) is 29.8 Å². The Kier molecular flexibility index (Phi) is 3.67. The molecular weight excluding hydrogens is 234 g/mol. The Labute approximate surface area is 106 Å². The van der Waals surface area contributed by atoms with Crippen LogP contribution in [0, 0.1) is 0 Å². The first-order valence-electron chi connectivity index (χ1n) is 5.37. The Morgan fingerprint density at radius 1 is 1.06 bits per heavy atom. The highest BCUT2D eigenvalue weighted by Crippen LogP contribution is 2.27. The Balaban J connectivity index is 2.42. The highest BCUT2D eigenvalue weighted by Gasteiger charge is 2.04. The molecule has 0 amide bonds. The van der Waals surface area contributed by atoms with E-state index in [2.05, 4.69) is 0 Å². The lowest BCUT2D eigenvalue weighted by Crippen LogP contribution is -2.00. The SMILES string of the molecule is COc1ccc(-c2ccc(Cl)cc2)cc1CN. The van der Waals surface area contributed by atoms with Crippen LogP contribution in [0.15, 0.2) is 42.5 Å². The summed E-state index contributed by atoms with van der Waals surface area (Å²) in [5.74, 6) is 0.824. The number of hydrogen-bond donors (Lipinski definition) is 1. The standard InChI is InChI=1S/C14H14ClNO/c1-17-14-7-4-11(8-12(14)9-16)10-2-5-13(15)6-3-10/h2-8H,9,16H2,1H3. The molecule has 2 N–H and O–H groups in total. The van der Waals surface area contributed by atoms with E-state index in [0.717, 1.165) is 27.5 Å². The molecule has 2 aromatic carbocycles. The molecule has 0 aliphatic heterocycles. The molecule has 2 nitrogen and oxygen atoms in total. The molecule has 0 saturated heterocycles. The predicted molar refractivity (Wildman–Crippen MR) is 71.3 cm³/mol. The van der Waals surface area contributed by atoms with Crippen molar-refractivity contribution >= 4 is 11.6 Å². The van der Waals surface area contributed by atoms with Crippen LogP contribution in [-0.4, -0.2) is 7.11 Å². The van der Waals surface area contributed by atoms with E-state index in [-0.39, 0.29) is 0 Å². The zero-order valence-electron chi connectivity index (χ0n) is 9.61. The van der Waals surface area contributed by atoms with Crippen LogP contribution in [0.5, 0.6) is 5.75 Å². The van der Waals surface area contributed by atoms with Gasteiger partial charge in [-0.15, -0.1) is 0 Å². The van der Waals surface area contributed by atoms with E-state index in [1.165, 1.54) is 0 Å². The van der Waals surface area contributed by atoms with E-state index in [1.807, 2.05) is 42.5 Å². The Morgan fingerprint density at radius 2 is 1.71 bits per heavy atom. The van der Waals surface area contributed by atoms with Crippen molar-refractivity contribution in [1.29, 1.82) is 0 Å². The summed E-state index contributed by atoms with van der Waals surface area (Å²) >= 11 is 5.87. The van der Waals surface area contributed by atoms with Crippen molar-refractivity contribution in [2.75, 3.05) is 7.11 Å². The average Bonchev–Trinajstić information content (AvgIpc) is 2.39. The number of rotatable bonds is 3. The highest BCUT2D eigenvalue weighted by molar-refractivity contribution is 6.30. The fraction of sp³-hybridized carbons (Fsp3) is 0.143. The number of benzene rings is 2. The summed E-state index contributed by atoms with van der Waals surface area (Å²) in [6.45, 7) is 0.463. The van der Waals surface area contributed by atoms with Gasteiger partial charge < -0.3 is 10.5 Å². The number of halogens is 1. The molecule has 0 radical (unpaired) electrons. The van der Waals surface area contributed by atoms with Gasteiger partial charge >= 0.3 is 0 Å². The highest BCUT2D eigenvalue weighted by atomic mass is 35.5. The maximum atomic E-state index is 5.87. The van der Waals surface area contributed by atoms with Gasteiger partial charge in [0.15, 0.2) is 0 Å². The molecule has 3 heteroatoms. The fourth-order valence-corrected chi connectivity index (χ4v) is 1.89. The van der Waals surface area contributed by atoms with Gasteiger partial charge in [-0.25, -0.2) is 0 Å². The van der Waals surface area contributed by atoms with Crippen LogP contribution in [0.3, 0.4) is 0 Å². The van der Waals surface area contributed by atoms with Crippen molar-refractivity contribution < 1.29 is 4.74 Å². The van der Waals surface area contributed by atoms with Crippen LogP contribution in [0.4, 0.5) is 0 Å². The minimum Gasteiger partial charge on any atom is -0.496 e. The molecular formula is C14H14ClNO. The van der Waals surface area contributed by atoms with Crippen molar-refractivity contribution in [3.63, 3.8) is 0 Å². The third kappa shape index (κ3) is 2.60. The zero-order chi connectivity index (χ0) is 12.3. The topological polar surface area (TPSA) is 35.2 Å². The maximum Gasteiger partial charge on any atom is 0.123 e. The maximum absolute atomic E-state index is 5.87. The lowest BCUT2D eigenvalue weighted by molar-refractivity contribution is 0.410. The van der Waals surface area contributed by atoms with Gasteiger partial charge in [-0.05, 0) is 35.4 Å². The van der Waals surface area contributed by atoms with E-state index in [9.17, 15) is 0 Å². The second kappa shape index (κ2) is 5.21. The molecule has 17 heavy (non-hydrogen) atoms. The van der Waals surface area contributed by atoms with E-state index >= 15 is 0 Å². The molecule has 0 spiro atoms. The molecule has 0 aliphatic rings. The van der Waals surface area contributed by atoms with E-state index in [4.69, 9.17) is 22.1 Å². The molecule has 2 aromatic rings. The molecule has 0 atom stereocenters. The second-order valence-corrected chi connectivity index (χ2v) is 4.17. The van der Waals surface area contributed by atoms with Crippen molar-refractivity contribution in [2.45, 2.75) is 6.54 Å². The second-order valence-electron chi connectivity index (χ2n) is 3.74. The molecule has 0 aromatic heterocycles. The molecule has 88 valence electrons. The largest absolute Gasteiger partial charge is 0.496 e. The zero-order valence-corrected chi connectivity index (χ0v) is 10.4. The lowest BCUT2D eigenvalue weighted by Gasteiger charge is -2.09. The molecule has 0 aliphatic carbocycles. The lowest BCUT2D eigenvalue weighted by atomic mass is 10.0. The summed E-state index contributed by atoms with van der Waals surface area (Å²) in [5, 5.41) is 0.737. The van der Waals surface area contributed by atoms with Gasteiger partial charge in [0.25, 0.3) is 0 Å². The van der Waals surface area contributed by atoms with Gasteiger partial charge in [-0.2, -0.15) is 0 Å². The number of hydrogen-bond acceptors (Lipinski definition) is 2. The third-order valence-electron chi connectivity index (χ3n) is 2.68. The van der Waals surface area contributed by atoms with E-state index < -0.39 is 0 Å². The van der Waals surface area contributed by atoms with Crippen LogP contribution < -0.4 is 10.5 Å². The number of methoxy groups -OCH3 is 1. The minimum atomic E-state index is 0.463. The summed E-state index contributed by atoms with van der Waals surface area (Å²) in [5.41, 5.74) is 8.93. The quantitative estimate of drug-likeness (QED) is 0.901. The van der Waals surface area contributed by atoms with Crippen molar-refractivity contribution in [3.05, 3.63) is 53.1 Å². The van der Waals surface area contributed by atoms with Gasteiger partial charge in [0, 0.05) is 17.1 Å². The third-order valence-corrected chi connectivity index (χ3v) is 2.93. The summed E-state index contributed by atoms with van der Waals surface area (Å²) in [6.07, 6.45) is 0. The first-order chi connectivity index (χ1) is 8.24. The van der Waals surface area contributed by atoms with Crippen LogP contribution in [0.2, 0.25) is 5.02 Å². The molecule has 0 saturated carbocycles. The summed E-state index contributed by atoms with van der Waals surface area (Å²) < 4.78 is 5.25. The smallest absolute Gasteiger partial charge is 0.123 e. The summed E-state index contributed by atoms with van der Waals surface area (Å²) in [7, 11) is 1.65. The van der Waals surface area contributed by atoms with Gasteiger partial charge in [0.05, 0.1) is 7.11 Å². The molecule has 2 rings (SSSR count). The molecule has 0 heterocycles. The summed E-state index contributed by atoms with van der Waals surface area (Å²) in [4.78, 5) is 0. The Bertz CT molecular complexity index is 508. The van der Waals surface area contributed by atoms with Crippen LogP contribution in [0.25, 0.3) is 11.1 Å². The molecule has 0 unspecified atom stereocenters. The normalized spacial score (nSPS) is 10.3. The minimum absolute atomic E-state index is 0.463. The molecule has 0 bridgehead atoms. The summed E-state index contributed by atoms with van der Waals surface area (Å²) in [6, 6.07) is 13.7. The monoisotopic (exact) mass is 247 g/mol. The van der Waals surface area contributed by atoms with E-state index in [0.29, 0.717) is 6.54 Å². The Hall–Kier alpha value is -1.51. The first-order valence-corrected chi connectivity index (χ1v) is 5.75. The predicted octanol–water partition coefficient (Wildman–Crippen LogP) is 3.47. The number of ether oxygens (including phenoxy) is 1. The first kappa shape index (κ1) is 12.0. The molecule has 0 fully saturated rings. The van der Waals surface area contributed by atoms with Crippen molar-refractivity contribution in [3.8, 4) is 16.9 Å². The number of nitrogens with two attached hydrogens (primary N) is 1. The Morgan fingerprint density at radius 3 is 2.29 bits per heavy atom. The van der Waals surface area contributed by atoms with Gasteiger partial charge in [0.2, 0.25) is 0 Å². The van der Waals surface area contributed by atoms with Crippen LogP contribution in [0.1, 0.15) is 5.56 Å².